The second-order valence-electron chi connectivity index (χ2n) is 3.29. The van der Waals surface area contributed by atoms with Gasteiger partial charge in [0.25, 0.3) is 0 Å². The number of benzene rings is 1. The molecule has 0 saturated carbocycles. The van der Waals surface area contributed by atoms with E-state index in [9.17, 15) is 5.11 Å². The van der Waals surface area contributed by atoms with Crippen LogP contribution in [0.15, 0.2) is 18.2 Å². The number of hydrogen-bond acceptors (Lipinski definition) is 3. The Labute approximate surface area is 88.3 Å². The lowest BCUT2D eigenvalue weighted by molar-refractivity contribution is 0.200. The second kappa shape index (κ2) is 4.24. The van der Waals surface area contributed by atoms with Gasteiger partial charge >= 0.3 is 0 Å². The maximum absolute atomic E-state index is 9.78. The van der Waals surface area contributed by atoms with Gasteiger partial charge in [0, 0.05) is 17.1 Å². The summed E-state index contributed by atoms with van der Waals surface area (Å²) in [7, 11) is 0. The molecule has 2 nitrogen and oxygen atoms in total. The Balaban J connectivity index is 2.39. The van der Waals surface area contributed by atoms with Crippen molar-refractivity contribution in [3.8, 4) is 5.75 Å². The largest absolute Gasteiger partial charge is 0.494 e. The third kappa shape index (κ3) is 1.74. The highest BCUT2D eigenvalue weighted by Gasteiger charge is 2.20. The molecule has 0 saturated heterocycles. The van der Waals surface area contributed by atoms with Crippen molar-refractivity contribution in [2.75, 3.05) is 12.4 Å². The minimum absolute atomic E-state index is 0.329. The molecular formula is C11H14O2S. The molecule has 1 heterocycles. The van der Waals surface area contributed by atoms with Crippen molar-refractivity contribution >= 4 is 11.8 Å². The molecule has 1 aromatic carbocycles. The normalized spacial score (nSPS) is 20.3. The average molecular weight is 210 g/mol. The number of ether oxygens (including phenoxy) is 1. The van der Waals surface area contributed by atoms with E-state index in [2.05, 4.69) is 0 Å². The van der Waals surface area contributed by atoms with Crippen LogP contribution in [0.25, 0.3) is 0 Å². The predicted molar refractivity (Wildman–Crippen MR) is 58.7 cm³/mol. The lowest BCUT2D eigenvalue weighted by atomic mass is 10.0. The quantitative estimate of drug-likeness (QED) is 0.812. The number of aliphatic hydroxyl groups is 1. The summed E-state index contributed by atoms with van der Waals surface area (Å²) in [4.78, 5) is 0. The lowest BCUT2D eigenvalue weighted by Gasteiger charge is -2.23. The fourth-order valence-electron chi connectivity index (χ4n) is 1.70. The summed E-state index contributed by atoms with van der Waals surface area (Å²) in [6, 6.07) is 5.91. The van der Waals surface area contributed by atoms with Crippen LogP contribution in [0.4, 0.5) is 0 Å². The molecule has 0 fully saturated rings. The Morgan fingerprint density at radius 2 is 2.43 bits per heavy atom. The van der Waals surface area contributed by atoms with Crippen LogP contribution in [-0.4, -0.2) is 17.5 Å². The molecule has 1 unspecified atom stereocenters. The van der Waals surface area contributed by atoms with Crippen LogP contribution >= 0.6 is 11.8 Å². The first-order chi connectivity index (χ1) is 6.83. The smallest absolute Gasteiger partial charge is 0.123 e. The van der Waals surface area contributed by atoms with Crippen LogP contribution in [0.5, 0.6) is 5.75 Å². The summed E-state index contributed by atoms with van der Waals surface area (Å²) >= 11 is 1.76. The van der Waals surface area contributed by atoms with Gasteiger partial charge in [-0.25, -0.2) is 0 Å². The highest BCUT2D eigenvalue weighted by atomic mass is 32.2. The van der Waals surface area contributed by atoms with Gasteiger partial charge in [-0.3, -0.25) is 0 Å². The Morgan fingerprint density at radius 1 is 1.57 bits per heavy atom. The molecule has 76 valence electrons. The monoisotopic (exact) mass is 210 g/mol. The molecule has 1 atom stereocenters. The van der Waals surface area contributed by atoms with E-state index < -0.39 is 0 Å². The summed E-state index contributed by atoms with van der Waals surface area (Å²) in [5.41, 5.74) is 2.20. The topological polar surface area (TPSA) is 29.5 Å². The number of hydrogen-bond donors (Lipinski definition) is 1. The van der Waals surface area contributed by atoms with Crippen LogP contribution in [0.3, 0.4) is 0 Å². The van der Waals surface area contributed by atoms with Crippen molar-refractivity contribution in [1.82, 2.24) is 0 Å². The van der Waals surface area contributed by atoms with E-state index in [1.165, 1.54) is 0 Å². The highest BCUT2D eigenvalue weighted by molar-refractivity contribution is 7.98. The zero-order valence-corrected chi connectivity index (χ0v) is 9.01. The minimum Gasteiger partial charge on any atom is -0.494 e. The number of fused-ring (bicyclic) bond motifs is 1. The maximum Gasteiger partial charge on any atom is 0.123 e. The minimum atomic E-state index is -0.329. The van der Waals surface area contributed by atoms with E-state index in [1.807, 2.05) is 25.1 Å². The van der Waals surface area contributed by atoms with Crippen molar-refractivity contribution in [3.05, 3.63) is 29.3 Å². The van der Waals surface area contributed by atoms with Crippen LogP contribution in [0, 0.1) is 0 Å². The fourth-order valence-corrected chi connectivity index (χ4v) is 2.74. The molecule has 0 bridgehead atoms. The molecule has 14 heavy (non-hydrogen) atoms. The molecule has 3 heteroatoms. The predicted octanol–water partition coefficient (Wildman–Crippen LogP) is 2.37. The zero-order valence-electron chi connectivity index (χ0n) is 8.19. The molecular weight excluding hydrogens is 196 g/mol. The molecule has 0 aromatic heterocycles. The molecule has 2 rings (SSSR count). The average Bonchev–Trinajstić information content (AvgIpc) is 2.20. The zero-order chi connectivity index (χ0) is 9.97. The molecule has 1 N–H and O–H groups in total. The van der Waals surface area contributed by atoms with Gasteiger partial charge in [0.2, 0.25) is 0 Å². The Bertz CT molecular complexity index is 325. The molecule has 1 aliphatic heterocycles. The van der Waals surface area contributed by atoms with E-state index >= 15 is 0 Å². The lowest BCUT2D eigenvalue weighted by Crippen LogP contribution is -2.11. The number of rotatable bonds is 2. The van der Waals surface area contributed by atoms with Crippen molar-refractivity contribution in [1.29, 1.82) is 0 Å². The summed E-state index contributed by atoms with van der Waals surface area (Å²) in [5, 5.41) is 9.78. The van der Waals surface area contributed by atoms with Crippen molar-refractivity contribution < 1.29 is 9.84 Å². The van der Waals surface area contributed by atoms with Crippen LogP contribution in [0.2, 0.25) is 0 Å². The van der Waals surface area contributed by atoms with E-state index in [4.69, 9.17) is 4.74 Å². The highest BCUT2D eigenvalue weighted by Crippen LogP contribution is 2.36. The van der Waals surface area contributed by atoms with E-state index in [-0.39, 0.29) is 6.10 Å². The van der Waals surface area contributed by atoms with Gasteiger partial charge in [-0.05, 0) is 18.6 Å². The van der Waals surface area contributed by atoms with Crippen molar-refractivity contribution in [2.45, 2.75) is 18.8 Å². The summed E-state index contributed by atoms with van der Waals surface area (Å²) in [5.74, 6) is 2.67. The Kier molecular flexibility index (Phi) is 2.99. The van der Waals surface area contributed by atoms with Gasteiger partial charge in [0.05, 0.1) is 12.7 Å². The first-order valence-corrected chi connectivity index (χ1v) is 5.98. The van der Waals surface area contributed by atoms with Crippen LogP contribution in [0.1, 0.15) is 24.2 Å². The number of thioether (sulfide) groups is 1. The summed E-state index contributed by atoms with van der Waals surface area (Å²) < 4.78 is 5.53. The number of aliphatic hydroxyl groups excluding tert-OH is 1. The third-order valence-electron chi connectivity index (χ3n) is 2.35. The van der Waals surface area contributed by atoms with Gasteiger partial charge in [-0.15, -0.1) is 0 Å². The summed E-state index contributed by atoms with van der Waals surface area (Å²) in [6.45, 7) is 2.66. The van der Waals surface area contributed by atoms with Gasteiger partial charge in [0.1, 0.15) is 5.75 Å². The molecule has 0 amide bonds. The van der Waals surface area contributed by atoms with E-state index in [0.717, 1.165) is 28.4 Å². The van der Waals surface area contributed by atoms with Crippen molar-refractivity contribution in [3.63, 3.8) is 0 Å². The van der Waals surface area contributed by atoms with Gasteiger partial charge in [-0.2, -0.15) is 11.8 Å². The van der Waals surface area contributed by atoms with Gasteiger partial charge in [0.15, 0.2) is 0 Å². The SMILES string of the molecule is CCOc1cccc2c1CSCC2O. The Morgan fingerprint density at radius 3 is 3.21 bits per heavy atom. The second-order valence-corrected chi connectivity index (χ2v) is 4.32. The molecule has 1 aliphatic rings. The fraction of sp³-hybridized carbons (Fsp3) is 0.455. The van der Waals surface area contributed by atoms with Crippen molar-refractivity contribution in [2.24, 2.45) is 0 Å². The Hall–Kier alpha value is -0.670. The van der Waals surface area contributed by atoms with E-state index in [1.54, 1.807) is 11.8 Å². The van der Waals surface area contributed by atoms with Crippen LogP contribution < -0.4 is 4.74 Å². The molecule has 0 spiro atoms. The van der Waals surface area contributed by atoms with Gasteiger partial charge < -0.3 is 9.84 Å². The van der Waals surface area contributed by atoms with Gasteiger partial charge in [-0.1, -0.05) is 12.1 Å². The molecule has 1 aromatic rings. The third-order valence-corrected chi connectivity index (χ3v) is 3.39. The molecule has 0 radical (unpaired) electrons. The van der Waals surface area contributed by atoms with E-state index in [0.29, 0.717) is 6.61 Å². The molecule has 0 aliphatic carbocycles. The van der Waals surface area contributed by atoms with Crippen LogP contribution in [-0.2, 0) is 5.75 Å². The summed E-state index contributed by atoms with van der Waals surface area (Å²) in [6.07, 6.45) is -0.329. The first kappa shape index (κ1) is 9.87. The standard InChI is InChI=1S/C11H14O2S/c1-2-13-11-5-3-4-8-9(11)6-14-7-10(8)12/h3-5,10,12H,2,6-7H2,1H3. The maximum atomic E-state index is 9.78. The first-order valence-electron chi connectivity index (χ1n) is 4.83.